The molecule has 2 rings (SSSR count). The van der Waals surface area contributed by atoms with Crippen LogP contribution in [0.2, 0.25) is 0 Å². The minimum Gasteiger partial charge on any atom is -0.393 e. The van der Waals surface area contributed by atoms with Crippen LogP contribution in [0.1, 0.15) is 46.0 Å². The Labute approximate surface area is 128 Å². The molecule has 1 amide bonds. The third-order valence-electron chi connectivity index (χ3n) is 4.87. The highest BCUT2D eigenvalue weighted by Gasteiger charge is 2.31. The average molecular weight is 297 g/mol. The highest BCUT2D eigenvalue weighted by molar-refractivity contribution is 5.72. The third-order valence-corrected chi connectivity index (χ3v) is 4.87. The quantitative estimate of drug-likeness (QED) is 0.676. The highest BCUT2D eigenvalue weighted by atomic mass is 16.3. The molecule has 1 heterocycles. The summed E-state index contributed by atoms with van der Waals surface area (Å²) in [4.78, 5) is 13.3. The molecular formula is C16H31N3O2. The minimum absolute atomic E-state index is 0.0275. The molecule has 21 heavy (non-hydrogen) atoms. The van der Waals surface area contributed by atoms with Crippen LogP contribution < -0.4 is 10.6 Å². The van der Waals surface area contributed by atoms with Crippen molar-refractivity contribution in [3.63, 3.8) is 0 Å². The number of amides is 1. The second-order valence-corrected chi connectivity index (χ2v) is 6.82. The number of aliphatic hydroxyl groups excluding tert-OH is 1. The van der Waals surface area contributed by atoms with Crippen molar-refractivity contribution in [3.8, 4) is 0 Å². The van der Waals surface area contributed by atoms with Gasteiger partial charge in [0.2, 0.25) is 5.91 Å². The van der Waals surface area contributed by atoms with Crippen LogP contribution in [-0.2, 0) is 4.79 Å². The van der Waals surface area contributed by atoms with Crippen LogP contribution in [0.25, 0.3) is 0 Å². The average Bonchev–Trinajstić information content (AvgIpc) is 2.91. The van der Waals surface area contributed by atoms with Crippen molar-refractivity contribution in [2.75, 3.05) is 26.2 Å². The van der Waals surface area contributed by atoms with Gasteiger partial charge in [0, 0.05) is 45.2 Å². The van der Waals surface area contributed by atoms with Crippen molar-refractivity contribution in [1.29, 1.82) is 0 Å². The monoisotopic (exact) mass is 297 g/mol. The molecular weight excluding hydrogens is 266 g/mol. The molecule has 3 unspecified atom stereocenters. The van der Waals surface area contributed by atoms with Gasteiger partial charge in [-0.2, -0.15) is 0 Å². The van der Waals surface area contributed by atoms with Gasteiger partial charge in [-0.15, -0.1) is 0 Å². The molecule has 2 fully saturated rings. The molecule has 5 nitrogen and oxygen atoms in total. The first-order valence-electron chi connectivity index (χ1n) is 8.45. The number of nitrogens with zero attached hydrogens (tertiary/aromatic N) is 1. The molecule has 0 radical (unpaired) electrons. The molecule has 1 saturated heterocycles. The van der Waals surface area contributed by atoms with Crippen LogP contribution >= 0.6 is 0 Å². The van der Waals surface area contributed by atoms with Gasteiger partial charge in [-0.25, -0.2) is 0 Å². The predicted molar refractivity (Wildman–Crippen MR) is 84.1 cm³/mol. The Kier molecular flexibility index (Phi) is 6.45. The van der Waals surface area contributed by atoms with E-state index in [4.69, 9.17) is 0 Å². The lowest BCUT2D eigenvalue weighted by Crippen LogP contribution is -2.54. The number of nitrogens with one attached hydrogen (secondary N) is 2. The van der Waals surface area contributed by atoms with Gasteiger partial charge in [0.05, 0.1) is 6.10 Å². The molecule has 1 aliphatic heterocycles. The first kappa shape index (κ1) is 16.7. The topological polar surface area (TPSA) is 64.6 Å². The SMILES string of the molecule is CC(=O)NCCN1CC(NC2CCCC2)CC(C(C)O)C1. The summed E-state index contributed by atoms with van der Waals surface area (Å²) in [6.45, 7) is 6.97. The number of hydrogen-bond acceptors (Lipinski definition) is 4. The van der Waals surface area contributed by atoms with Gasteiger partial charge in [-0.3, -0.25) is 9.69 Å². The Hall–Kier alpha value is -0.650. The molecule has 122 valence electrons. The van der Waals surface area contributed by atoms with Crippen LogP contribution in [0.4, 0.5) is 0 Å². The molecule has 1 aliphatic carbocycles. The highest BCUT2D eigenvalue weighted by Crippen LogP contribution is 2.23. The summed E-state index contributed by atoms with van der Waals surface area (Å²) < 4.78 is 0. The first-order valence-corrected chi connectivity index (χ1v) is 8.45. The molecule has 3 N–H and O–H groups in total. The number of rotatable bonds is 6. The summed E-state index contributed by atoms with van der Waals surface area (Å²) in [6, 6.07) is 1.14. The Bertz CT molecular complexity index is 327. The summed E-state index contributed by atoms with van der Waals surface area (Å²) in [6.07, 6.45) is 6.07. The smallest absolute Gasteiger partial charge is 0.216 e. The zero-order valence-corrected chi connectivity index (χ0v) is 13.5. The van der Waals surface area contributed by atoms with E-state index in [0.29, 0.717) is 24.5 Å². The summed E-state index contributed by atoms with van der Waals surface area (Å²) in [7, 11) is 0. The minimum atomic E-state index is -0.263. The molecule has 0 aromatic heterocycles. The molecule has 3 atom stereocenters. The number of piperidine rings is 1. The lowest BCUT2D eigenvalue weighted by molar-refractivity contribution is -0.119. The van der Waals surface area contributed by atoms with E-state index in [1.807, 2.05) is 6.92 Å². The molecule has 2 aliphatic rings. The van der Waals surface area contributed by atoms with E-state index in [-0.39, 0.29) is 12.0 Å². The third kappa shape index (κ3) is 5.57. The summed E-state index contributed by atoms with van der Waals surface area (Å²) >= 11 is 0. The molecule has 0 spiro atoms. The van der Waals surface area contributed by atoms with Gasteiger partial charge < -0.3 is 15.7 Å². The number of carbonyl (C=O) groups is 1. The maximum absolute atomic E-state index is 11.0. The molecule has 1 saturated carbocycles. The largest absolute Gasteiger partial charge is 0.393 e. The molecule has 5 heteroatoms. The van der Waals surface area contributed by atoms with Crippen molar-refractivity contribution < 1.29 is 9.90 Å². The van der Waals surface area contributed by atoms with Crippen molar-refractivity contribution in [2.24, 2.45) is 5.92 Å². The van der Waals surface area contributed by atoms with E-state index in [1.165, 1.54) is 25.7 Å². The lowest BCUT2D eigenvalue weighted by Gasteiger charge is -2.40. The van der Waals surface area contributed by atoms with Gasteiger partial charge in [-0.1, -0.05) is 12.8 Å². The summed E-state index contributed by atoms with van der Waals surface area (Å²) in [5, 5.41) is 16.6. The van der Waals surface area contributed by atoms with Crippen molar-refractivity contribution in [2.45, 2.75) is 64.1 Å². The standard InChI is InChI=1S/C16H31N3O2/c1-12(20)14-9-16(18-15-5-3-4-6-15)11-19(10-14)8-7-17-13(2)21/h12,14-16,18,20H,3-11H2,1-2H3,(H,17,21). The zero-order valence-electron chi connectivity index (χ0n) is 13.5. The van der Waals surface area contributed by atoms with Crippen LogP contribution in [-0.4, -0.2) is 60.3 Å². The van der Waals surface area contributed by atoms with Crippen LogP contribution in [0.15, 0.2) is 0 Å². The maximum Gasteiger partial charge on any atom is 0.216 e. The molecule has 0 bridgehead atoms. The Morgan fingerprint density at radius 1 is 1.29 bits per heavy atom. The normalized spacial score (nSPS) is 29.5. The van der Waals surface area contributed by atoms with Crippen molar-refractivity contribution in [1.82, 2.24) is 15.5 Å². The van der Waals surface area contributed by atoms with Gasteiger partial charge in [0.15, 0.2) is 0 Å². The van der Waals surface area contributed by atoms with Crippen LogP contribution in [0.5, 0.6) is 0 Å². The summed E-state index contributed by atoms with van der Waals surface area (Å²) in [5.74, 6) is 0.356. The van der Waals surface area contributed by atoms with E-state index in [0.717, 1.165) is 26.1 Å². The van der Waals surface area contributed by atoms with E-state index in [1.54, 1.807) is 6.92 Å². The van der Waals surface area contributed by atoms with E-state index < -0.39 is 0 Å². The van der Waals surface area contributed by atoms with Gasteiger partial charge in [0.25, 0.3) is 0 Å². The second kappa shape index (κ2) is 8.11. The van der Waals surface area contributed by atoms with Crippen molar-refractivity contribution >= 4 is 5.91 Å². The number of hydrogen-bond donors (Lipinski definition) is 3. The zero-order chi connectivity index (χ0) is 15.2. The fourth-order valence-corrected chi connectivity index (χ4v) is 3.70. The number of carbonyl (C=O) groups excluding carboxylic acids is 1. The fraction of sp³-hybridized carbons (Fsp3) is 0.938. The number of likely N-dealkylation sites (tertiary alicyclic amines) is 1. The van der Waals surface area contributed by atoms with Crippen LogP contribution in [0, 0.1) is 5.92 Å². The maximum atomic E-state index is 11.0. The van der Waals surface area contributed by atoms with Gasteiger partial charge in [0.1, 0.15) is 0 Å². The van der Waals surface area contributed by atoms with E-state index in [2.05, 4.69) is 15.5 Å². The van der Waals surface area contributed by atoms with E-state index in [9.17, 15) is 9.90 Å². The van der Waals surface area contributed by atoms with Gasteiger partial charge in [-0.05, 0) is 32.1 Å². The Morgan fingerprint density at radius 2 is 2.00 bits per heavy atom. The first-order chi connectivity index (χ1) is 10.0. The Morgan fingerprint density at radius 3 is 2.62 bits per heavy atom. The molecule has 0 aromatic rings. The Balaban J connectivity index is 1.83. The lowest BCUT2D eigenvalue weighted by atomic mass is 9.89. The van der Waals surface area contributed by atoms with Crippen LogP contribution in [0.3, 0.4) is 0 Å². The van der Waals surface area contributed by atoms with E-state index >= 15 is 0 Å². The van der Waals surface area contributed by atoms with Crippen molar-refractivity contribution in [3.05, 3.63) is 0 Å². The predicted octanol–water partition coefficient (Wildman–Crippen LogP) is 0.726. The van der Waals surface area contributed by atoms with Gasteiger partial charge >= 0.3 is 0 Å². The fourth-order valence-electron chi connectivity index (χ4n) is 3.70. The summed E-state index contributed by atoms with van der Waals surface area (Å²) in [5.41, 5.74) is 0. The molecule has 0 aromatic carbocycles. The number of aliphatic hydroxyl groups is 1. The second-order valence-electron chi connectivity index (χ2n) is 6.82.